The van der Waals surface area contributed by atoms with Gasteiger partial charge in [0.1, 0.15) is 11.5 Å². The third-order valence-electron chi connectivity index (χ3n) is 3.79. The van der Waals surface area contributed by atoms with Crippen LogP contribution in [0.15, 0.2) is 47.5 Å². The number of aliphatic imine (C=N–C) groups is 1. The largest absolute Gasteiger partial charge is 0.497 e. The fraction of sp³-hybridized carbons (Fsp3) is 0.350. The molecule has 0 fully saturated rings. The van der Waals surface area contributed by atoms with Crippen LogP contribution in [0.25, 0.3) is 0 Å². The highest BCUT2D eigenvalue weighted by molar-refractivity contribution is 5.79. The molecule has 0 atom stereocenters. The van der Waals surface area contributed by atoms with E-state index in [1.54, 1.807) is 14.2 Å². The van der Waals surface area contributed by atoms with Crippen LogP contribution < -0.4 is 20.1 Å². The summed E-state index contributed by atoms with van der Waals surface area (Å²) in [6.07, 6.45) is 0. The molecule has 0 amide bonds. The molecule has 0 saturated heterocycles. The molecule has 25 heavy (non-hydrogen) atoms. The fourth-order valence-corrected chi connectivity index (χ4v) is 2.50. The van der Waals surface area contributed by atoms with Crippen molar-refractivity contribution in [1.29, 1.82) is 0 Å². The van der Waals surface area contributed by atoms with Crippen molar-refractivity contribution < 1.29 is 9.47 Å². The summed E-state index contributed by atoms with van der Waals surface area (Å²) in [4.78, 5) is 4.66. The first-order chi connectivity index (χ1) is 12.2. The fourth-order valence-electron chi connectivity index (χ4n) is 2.50. The molecule has 2 aromatic carbocycles. The molecule has 0 spiro atoms. The number of ether oxygens (including phenoxy) is 2. The highest BCUT2D eigenvalue weighted by Crippen LogP contribution is 2.24. The van der Waals surface area contributed by atoms with Crippen LogP contribution in [-0.2, 0) is 13.1 Å². The quantitative estimate of drug-likeness (QED) is 0.599. The van der Waals surface area contributed by atoms with Crippen molar-refractivity contribution in [3.63, 3.8) is 0 Å². The Bertz CT molecular complexity index is 714. The third kappa shape index (κ3) is 5.71. The number of rotatable bonds is 7. The number of nitrogens with one attached hydrogen (secondary N) is 2. The number of guanidine groups is 1. The average molecular weight is 341 g/mol. The van der Waals surface area contributed by atoms with Gasteiger partial charge in [0.25, 0.3) is 0 Å². The van der Waals surface area contributed by atoms with Gasteiger partial charge in [0.2, 0.25) is 0 Å². The summed E-state index contributed by atoms with van der Waals surface area (Å²) in [6.45, 7) is 6.20. The van der Waals surface area contributed by atoms with Gasteiger partial charge in [-0.25, -0.2) is 4.99 Å². The molecule has 134 valence electrons. The molecule has 0 heterocycles. The van der Waals surface area contributed by atoms with Crippen LogP contribution in [0.4, 0.5) is 0 Å². The predicted octanol–water partition coefficient (Wildman–Crippen LogP) is 3.27. The van der Waals surface area contributed by atoms with E-state index in [2.05, 4.69) is 53.7 Å². The predicted molar refractivity (Wildman–Crippen MR) is 102 cm³/mol. The van der Waals surface area contributed by atoms with Gasteiger partial charge in [-0.05, 0) is 31.5 Å². The lowest BCUT2D eigenvalue weighted by Gasteiger charge is -2.14. The van der Waals surface area contributed by atoms with Crippen molar-refractivity contribution in [2.75, 3.05) is 20.8 Å². The van der Waals surface area contributed by atoms with E-state index in [4.69, 9.17) is 9.47 Å². The second-order valence-corrected chi connectivity index (χ2v) is 5.72. The van der Waals surface area contributed by atoms with Crippen molar-refractivity contribution in [1.82, 2.24) is 10.6 Å². The van der Waals surface area contributed by atoms with E-state index in [0.717, 1.165) is 29.6 Å². The van der Waals surface area contributed by atoms with Crippen molar-refractivity contribution >= 4 is 5.96 Å². The Balaban J connectivity index is 2.05. The Morgan fingerprint density at radius 2 is 1.88 bits per heavy atom. The van der Waals surface area contributed by atoms with Crippen LogP contribution in [0, 0.1) is 6.92 Å². The topological polar surface area (TPSA) is 54.9 Å². The molecule has 0 aliphatic heterocycles. The smallest absolute Gasteiger partial charge is 0.191 e. The summed E-state index contributed by atoms with van der Waals surface area (Å²) in [5.41, 5.74) is 3.48. The van der Waals surface area contributed by atoms with Crippen LogP contribution >= 0.6 is 0 Å². The van der Waals surface area contributed by atoms with Gasteiger partial charge in [-0.1, -0.05) is 29.8 Å². The molecule has 2 rings (SSSR count). The zero-order valence-electron chi connectivity index (χ0n) is 15.4. The maximum atomic E-state index is 5.44. The maximum Gasteiger partial charge on any atom is 0.191 e. The molecular formula is C20H27N3O2. The summed E-state index contributed by atoms with van der Waals surface area (Å²) in [6, 6.07) is 14.2. The van der Waals surface area contributed by atoms with E-state index < -0.39 is 0 Å². The van der Waals surface area contributed by atoms with Crippen LogP contribution in [0.5, 0.6) is 11.5 Å². The summed E-state index contributed by atoms with van der Waals surface area (Å²) in [7, 11) is 3.31. The summed E-state index contributed by atoms with van der Waals surface area (Å²) < 4.78 is 10.7. The molecule has 5 heteroatoms. The Kier molecular flexibility index (Phi) is 7.14. The van der Waals surface area contributed by atoms with Gasteiger partial charge in [-0.3, -0.25) is 0 Å². The normalized spacial score (nSPS) is 11.1. The lowest BCUT2D eigenvalue weighted by molar-refractivity contribution is 0.390. The summed E-state index contributed by atoms with van der Waals surface area (Å²) in [5.74, 6) is 2.35. The van der Waals surface area contributed by atoms with E-state index >= 15 is 0 Å². The second kappa shape index (κ2) is 9.57. The molecule has 0 radical (unpaired) electrons. The number of nitrogens with zero attached hydrogens (tertiary/aromatic N) is 1. The number of aryl methyl sites for hydroxylation is 1. The molecule has 0 bridgehead atoms. The third-order valence-corrected chi connectivity index (χ3v) is 3.79. The van der Waals surface area contributed by atoms with Crippen molar-refractivity contribution in [2.45, 2.75) is 26.9 Å². The molecular weight excluding hydrogens is 314 g/mol. The van der Waals surface area contributed by atoms with Crippen LogP contribution in [-0.4, -0.2) is 26.7 Å². The van der Waals surface area contributed by atoms with Gasteiger partial charge in [-0.15, -0.1) is 0 Å². The lowest BCUT2D eigenvalue weighted by atomic mass is 10.1. The zero-order valence-corrected chi connectivity index (χ0v) is 15.4. The van der Waals surface area contributed by atoms with Gasteiger partial charge in [-0.2, -0.15) is 0 Å². The van der Waals surface area contributed by atoms with E-state index in [0.29, 0.717) is 13.1 Å². The molecule has 0 aliphatic carbocycles. The summed E-state index contributed by atoms with van der Waals surface area (Å²) in [5, 5.41) is 6.62. The van der Waals surface area contributed by atoms with Gasteiger partial charge >= 0.3 is 0 Å². The van der Waals surface area contributed by atoms with Gasteiger partial charge < -0.3 is 20.1 Å². The zero-order chi connectivity index (χ0) is 18.1. The Hall–Kier alpha value is -2.69. The Labute approximate surface area is 150 Å². The highest BCUT2D eigenvalue weighted by atomic mass is 16.5. The van der Waals surface area contributed by atoms with E-state index in [9.17, 15) is 0 Å². The average Bonchev–Trinajstić information content (AvgIpc) is 2.64. The van der Waals surface area contributed by atoms with Crippen molar-refractivity contribution in [2.24, 2.45) is 4.99 Å². The Morgan fingerprint density at radius 3 is 2.56 bits per heavy atom. The minimum atomic E-state index is 0.618. The molecule has 5 nitrogen and oxygen atoms in total. The van der Waals surface area contributed by atoms with E-state index in [1.165, 1.54) is 11.1 Å². The van der Waals surface area contributed by atoms with E-state index in [-0.39, 0.29) is 0 Å². The molecule has 0 saturated carbocycles. The minimum absolute atomic E-state index is 0.618. The maximum absolute atomic E-state index is 5.44. The van der Waals surface area contributed by atoms with Gasteiger partial charge in [0.15, 0.2) is 5.96 Å². The van der Waals surface area contributed by atoms with Crippen LogP contribution in [0.3, 0.4) is 0 Å². The van der Waals surface area contributed by atoms with Crippen LogP contribution in [0.2, 0.25) is 0 Å². The first-order valence-corrected chi connectivity index (χ1v) is 8.45. The number of hydrogen-bond donors (Lipinski definition) is 2. The number of benzene rings is 2. The minimum Gasteiger partial charge on any atom is -0.497 e. The first-order valence-electron chi connectivity index (χ1n) is 8.45. The standard InChI is InChI=1S/C20H27N3O2/c1-5-21-20(22-13-16-8-6-7-15(2)11-16)23-14-17-9-10-18(24-3)12-19(17)25-4/h6-12H,5,13-14H2,1-4H3,(H2,21,22,23). The SMILES string of the molecule is CCNC(=NCc1cccc(C)c1)NCc1ccc(OC)cc1OC. The first kappa shape index (κ1) is 18.6. The number of hydrogen-bond acceptors (Lipinski definition) is 3. The van der Waals surface area contributed by atoms with Crippen LogP contribution in [0.1, 0.15) is 23.6 Å². The summed E-state index contributed by atoms with van der Waals surface area (Å²) >= 11 is 0. The van der Waals surface area contributed by atoms with Crippen molar-refractivity contribution in [3.8, 4) is 11.5 Å². The molecule has 2 N–H and O–H groups in total. The van der Waals surface area contributed by atoms with Gasteiger partial charge in [0.05, 0.1) is 20.8 Å². The van der Waals surface area contributed by atoms with Crippen molar-refractivity contribution in [3.05, 3.63) is 59.2 Å². The number of methoxy groups -OCH3 is 2. The molecule has 0 aliphatic rings. The highest BCUT2D eigenvalue weighted by Gasteiger charge is 2.06. The van der Waals surface area contributed by atoms with Gasteiger partial charge in [0, 0.05) is 24.7 Å². The molecule has 0 unspecified atom stereocenters. The lowest BCUT2D eigenvalue weighted by Crippen LogP contribution is -2.36. The molecule has 2 aromatic rings. The van der Waals surface area contributed by atoms with E-state index in [1.807, 2.05) is 18.2 Å². The monoisotopic (exact) mass is 341 g/mol. The molecule has 0 aromatic heterocycles. The second-order valence-electron chi connectivity index (χ2n) is 5.72. The Morgan fingerprint density at radius 1 is 1.04 bits per heavy atom.